The van der Waals surface area contributed by atoms with E-state index in [1.54, 1.807) is 0 Å². The summed E-state index contributed by atoms with van der Waals surface area (Å²) in [5.74, 6) is -1.37. The molecule has 5 nitrogen and oxygen atoms in total. The van der Waals surface area contributed by atoms with Crippen molar-refractivity contribution in [3.8, 4) is 0 Å². The van der Waals surface area contributed by atoms with Crippen LogP contribution in [0, 0.1) is 12.5 Å². The highest BCUT2D eigenvalue weighted by Crippen LogP contribution is 2.21. The van der Waals surface area contributed by atoms with Crippen LogP contribution in [0.5, 0.6) is 0 Å². The number of allylic oxidation sites excluding steroid dienone is 5. The molecule has 0 bridgehead atoms. The lowest BCUT2D eigenvalue weighted by molar-refractivity contribution is -0.146. The third-order valence-electron chi connectivity index (χ3n) is 4.44. The summed E-state index contributed by atoms with van der Waals surface area (Å²) in [7, 11) is 1.39. The van der Waals surface area contributed by atoms with Gasteiger partial charge in [0.05, 0.1) is 7.11 Å². The first-order chi connectivity index (χ1) is 13.6. The molecule has 28 heavy (non-hydrogen) atoms. The Kier molecular flexibility index (Phi) is 16.5. The molecule has 0 heterocycles. The molecule has 156 valence electrons. The number of nitrogens with zero attached hydrogens (tertiary/aromatic N) is 1. The van der Waals surface area contributed by atoms with Crippen LogP contribution < -0.4 is 0 Å². The number of methoxy groups -OCH3 is 1. The summed E-state index contributed by atoms with van der Waals surface area (Å²) >= 11 is 0. The molecular formula is C23H35NO4. The van der Waals surface area contributed by atoms with Crippen LogP contribution in [0.1, 0.15) is 71.1 Å². The summed E-state index contributed by atoms with van der Waals surface area (Å²) < 4.78 is 4.89. The molecule has 2 unspecified atom stereocenters. The normalized spacial score (nSPS) is 13.8. The molecule has 0 saturated carbocycles. The Morgan fingerprint density at radius 2 is 1.68 bits per heavy atom. The minimum absolute atomic E-state index is 0.214. The van der Waals surface area contributed by atoms with E-state index in [0.717, 1.165) is 38.5 Å². The Labute approximate surface area is 170 Å². The molecule has 0 fully saturated rings. The van der Waals surface area contributed by atoms with E-state index in [9.17, 15) is 9.59 Å². The average molecular weight is 390 g/mol. The zero-order valence-electron chi connectivity index (χ0n) is 17.3. The van der Waals surface area contributed by atoms with Crippen LogP contribution in [0.15, 0.2) is 36.5 Å². The molecule has 0 aromatic carbocycles. The molecule has 0 aliphatic carbocycles. The fourth-order valence-electron chi connectivity index (χ4n) is 2.81. The number of carboxylic acid groups (broad SMARTS) is 1. The minimum atomic E-state index is -0.751. The van der Waals surface area contributed by atoms with Crippen molar-refractivity contribution < 1.29 is 19.4 Å². The second-order valence-corrected chi connectivity index (χ2v) is 6.73. The number of ether oxygens (including phenoxy) is 1. The van der Waals surface area contributed by atoms with Gasteiger partial charge in [-0.3, -0.25) is 9.59 Å². The number of rotatable bonds is 16. The van der Waals surface area contributed by atoms with E-state index in [0.29, 0.717) is 19.3 Å². The number of carboxylic acids is 1. The molecule has 0 aromatic rings. The summed E-state index contributed by atoms with van der Waals surface area (Å²) in [6.45, 7) is 9.55. The Morgan fingerprint density at radius 3 is 2.25 bits per heavy atom. The molecule has 0 radical (unpaired) electrons. The predicted octanol–water partition coefficient (Wildman–Crippen LogP) is 5.74. The third kappa shape index (κ3) is 13.8. The van der Waals surface area contributed by atoms with Crippen molar-refractivity contribution in [1.29, 1.82) is 0 Å². The van der Waals surface area contributed by atoms with Crippen molar-refractivity contribution >= 4 is 11.9 Å². The summed E-state index contributed by atoms with van der Waals surface area (Å²) in [6.07, 6.45) is 19.8. The van der Waals surface area contributed by atoms with Gasteiger partial charge in [-0.25, -0.2) is 6.57 Å². The molecule has 1 N–H and O–H groups in total. The molecule has 0 aliphatic heterocycles. The monoisotopic (exact) mass is 389 g/mol. The maximum absolute atomic E-state index is 12.0. The Balaban J connectivity index is 4.20. The van der Waals surface area contributed by atoms with Crippen molar-refractivity contribution in [2.45, 2.75) is 77.2 Å². The number of hydrogen-bond donors (Lipinski definition) is 1. The van der Waals surface area contributed by atoms with Crippen molar-refractivity contribution in [1.82, 2.24) is 0 Å². The highest BCUT2D eigenvalue weighted by molar-refractivity contribution is 5.73. The second-order valence-electron chi connectivity index (χ2n) is 6.73. The first kappa shape index (κ1) is 25.6. The number of carbonyl (C=O) groups is 2. The lowest BCUT2D eigenvalue weighted by Gasteiger charge is -2.15. The van der Waals surface area contributed by atoms with E-state index in [1.807, 2.05) is 24.3 Å². The van der Waals surface area contributed by atoms with E-state index in [2.05, 4.69) is 23.9 Å². The molecule has 2 atom stereocenters. The Bertz CT molecular complexity index is 557. The first-order valence-corrected chi connectivity index (χ1v) is 10.2. The van der Waals surface area contributed by atoms with Crippen LogP contribution >= 0.6 is 0 Å². The van der Waals surface area contributed by atoms with E-state index < -0.39 is 5.97 Å². The van der Waals surface area contributed by atoms with E-state index in [4.69, 9.17) is 16.4 Å². The number of hydrogen-bond acceptors (Lipinski definition) is 3. The lowest BCUT2D eigenvalue weighted by atomic mass is 9.91. The summed E-state index contributed by atoms with van der Waals surface area (Å²) in [5, 5.41) is 8.54. The Hall–Kier alpha value is -2.35. The van der Waals surface area contributed by atoms with Gasteiger partial charge in [-0.05, 0) is 32.1 Å². The lowest BCUT2D eigenvalue weighted by Crippen LogP contribution is -2.27. The van der Waals surface area contributed by atoms with Gasteiger partial charge in [-0.1, -0.05) is 62.6 Å². The SMILES string of the molecule is [C-]#[N+]C(C/C=C\C/C=C\C/C=C\CCCC(=O)O)C(CCCCC)C(=O)OC. The van der Waals surface area contributed by atoms with Crippen LogP contribution in [-0.2, 0) is 14.3 Å². The van der Waals surface area contributed by atoms with E-state index in [-0.39, 0.29) is 24.3 Å². The molecular weight excluding hydrogens is 354 g/mol. The van der Waals surface area contributed by atoms with Gasteiger partial charge >= 0.3 is 11.9 Å². The van der Waals surface area contributed by atoms with Gasteiger partial charge in [0.2, 0.25) is 6.04 Å². The standard InChI is InChI=1S/C23H35NO4/c1-4-5-14-17-20(23(27)28-3)21(24-2)18-15-12-10-8-6-7-9-11-13-16-19-22(25)26/h6,8-9,11-12,15,20-21H,4-5,7,10,13-14,16-19H2,1,3H3,(H,25,26)/b8-6-,11-9-,15-12-. The van der Waals surface area contributed by atoms with Crippen LogP contribution in [-0.4, -0.2) is 30.2 Å². The maximum atomic E-state index is 12.0. The Morgan fingerprint density at radius 1 is 1.04 bits per heavy atom. The van der Waals surface area contributed by atoms with Crippen LogP contribution in [0.2, 0.25) is 0 Å². The quantitative estimate of drug-likeness (QED) is 0.158. The minimum Gasteiger partial charge on any atom is -0.481 e. The fourth-order valence-corrected chi connectivity index (χ4v) is 2.81. The maximum Gasteiger partial charge on any atom is 0.316 e. The number of esters is 1. The van der Waals surface area contributed by atoms with Crippen LogP contribution in [0.25, 0.3) is 4.85 Å². The summed E-state index contributed by atoms with van der Waals surface area (Å²) in [5.41, 5.74) is 0. The predicted molar refractivity (Wildman–Crippen MR) is 113 cm³/mol. The van der Waals surface area contributed by atoms with Crippen LogP contribution in [0.3, 0.4) is 0 Å². The van der Waals surface area contributed by atoms with E-state index in [1.165, 1.54) is 7.11 Å². The smallest absolute Gasteiger partial charge is 0.316 e. The zero-order chi connectivity index (χ0) is 21.0. The van der Waals surface area contributed by atoms with Crippen molar-refractivity contribution in [3.05, 3.63) is 47.9 Å². The van der Waals surface area contributed by atoms with Gasteiger partial charge in [0.25, 0.3) is 0 Å². The van der Waals surface area contributed by atoms with Crippen LogP contribution in [0.4, 0.5) is 0 Å². The zero-order valence-corrected chi connectivity index (χ0v) is 17.3. The molecule has 0 spiro atoms. The average Bonchev–Trinajstić information content (AvgIpc) is 2.69. The summed E-state index contributed by atoms with van der Waals surface area (Å²) in [4.78, 5) is 26.1. The molecule has 5 heteroatoms. The number of aliphatic carboxylic acids is 1. The van der Waals surface area contributed by atoms with Gasteiger partial charge in [-0.15, -0.1) is 0 Å². The highest BCUT2D eigenvalue weighted by Gasteiger charge is 2.32. The van der Waals surface area contributed by atoms with Gasteiger partial charge in [0.15, 0.2) is 0 Å². The molecule has 0 aliphatic rings. The van der Waals surface area contributed by atoms with Gasteiger partial charge in [-0.2, -0.15) is 0 Å². The number of unbranched alkanes of at least 4 members (excludes halogenated alkanes) is 3. The largest absolute Gasteiger partial charge is 0.481 e. The van der Waals surface area contributed by atoms with Gasteiger partial charge in [0, 0.05) is 12.8 Å². The number of carbonyl (C=O) groups excluding carboxylic acids is 1. The van der Waals surface area contributed by atoms with Crippen molar-refractivity contribution in [2.75, 3.05) is 7.11 Å². The third-order valence-corrected chi connectivity index (χ3v) is 4.44. The second kappa shape index (κ2) is 18.0. The van der Waals surface area contributed by atoms with E-state index >= 15 is 0 Å². The molecule has 0 amide bonds. The highest BCUT2D eigenvalue weighted by atomic mass is 16.5. The molecule has 0 aromatic heterocycles. The molecule has 0 saturated heterocycles. The first-order valence-electron chi connectivity index (χ1n) is 10.2. The summed E-state index contributed by atoms with van der Waals surface area (Å²) in [6, 6.07) is -0.363. The van der Waals surface area contributed by atoms with Gasteiger partial charge < -0.3 is 14.7 Å². The topological polar surface area (TPSA) is 68.0 Å². The van der Waals surface area contributed by atoms with Gasteiger partial charge in [0.1, 0.15) is 5.92 Å². The van der Waals surface area contributed by atoms with Crippen molar-refractivity contribution in [3.63, 3.8) is 0 Å². The fraction of sp³-hybridized carbons (Fsp3) is 0.609. The molecule has 0 rings (SSSR count). The van der Waals surface area contributed by atoms with Crippen molar-refractivity contribution in [2.24, 2.45) is 5.92 Å².